The highest BCUT2D eigenvalue weighted by Crippen LogP contribution is 2.16. The van der Waals surface area contributed by atoms with E-state index in [1.54, 1.807) is 0 Å². The number of allylic oxidation sites excluding steroid dienone is 14. The molecule has 3 atom stereocenters. The Kier molecular flexibility index (Phi) is 45.7. The Morgan fingerprint density at radius 1 is 0.492 bits per heavy atom. The topological polar surface area (TPSA) is 95.9 Å². The Bertz CT molecular complexity index is 1180. The second-order valence-electron chi connectivity index (χ2n) is 17.0. The summed E-state index contributed by atoms with van der Waals surface area (Å²) in [5.41, 5.74) is 0. The maximum absolute atomic E-state index is 13.2. The fraction of sp³-hybridized carbons (Fsp3) is 0.709. The fourth-order valence-electron chi connectivity index (χ4n) is 7.27. The zero-order chi connectivity index (χ0) is 44.5. The SMILES string of the molecule is CC/C=C/C=C/C=C\C=C/C=C/CCCC(CC(=O)NC(CO)C(O)CCCCCCCCCCCCCCC)OC(=O)CCCCC/C=C/C=C/CCCCCCCCC. The molecule has 61 heavy (non-hydrogen) atoms. The van der Waals surface area contributed by atoms with Crippen LogP contribution in [0.3, 0.4) is 0 Å². The number of unbranched alkanes of at least 4 members (excludes halogenated alkanes) is 23. The van der Waals surface area contributed by atoms with Crippen LogP contribution in [-0.4, -0.2) is 46.9 Å². The monoisotopic (exact) mass is 850 g/mol. The van der Waals surface area contributed by atoms with Gasteiger partial charge in [0.25, 0.3) is 0 Å². The van der Waals surface area contributed by atoms with Crippen molar-refractivity contribution in [2.24, 2.45) is 0 Å². The third-order valence-corrected chi connectivity index (χ3v) is 11.1. The van der Waals surface area contributed by atoms with E-state index < -0.39 is 18.2 Å². The molecule has 0 aliphatic heterocycles. The van der Waals surface area contributed by atoms with Gasteiger partial charge in [0.2, 0.25) is 5.91 Å². The van der Waals surface area contributed by atoms with E-state index in [9.17, 15) is 19.8 Å². The van der Waals surface area contributed by atoms with Crippen LogP contribution in [0.25, 0.3) is 0 Å². The lowest BCUT2D eigenvalue weighted by atomic mass is 10.0. The molecule has 0 heterocycles. The van der Waals surface area contributed by atoms with Gasteiger partial charge in [-0.15, -0.1) is 0 Å². The standard InChI is InChI=1S/C55H95NO5/c1-4-7-10-13-16-19-22-25-26-27-30-33-36-39-42-45-48-55(60)61-51(46-43-40-37-34-31-28-23-20-17-14-11-8-5-2)49-54(59)56-52(50-57)53(58)47-44-41-38-35-32-29-24-21-18-15-12-9-6-3/h8,11,14,17,20,23,26-28,30-31,33-34,37,51-53,57-58H,4-7,9-10,12-13,15-16,18-19,21-22,24-25,29,32,35-36,38-50H2,1-3H3,(H,56,59)/b11-8+,17-14+,23-20-,27-26+,31-28-,33-30+,37-34+. The number of esters is 1. The molecule has 0 radical (unpaired) electrons. The number of ether oxygens (including phenoxy) is 1. The van der Waals surface area contributed by atoms with E-state index >= 15 is 0 Å². The summed E-state index contributed by atoms with van der Waals surface area (Å²) in [6.45, 7) is 6.30. The highest BCUT2D eigenvalue weighted by Gasteiger charge is 2.24. The fourth-order valence-corrected chi connectivity index (χ4v) is 7.27. The summed E-state index contributed by atoms with van der Waals surface area (Å²) in [6.07, 6.45) is 62.2. The predicted molar refractivity (Wildman–Crippen MR) is 264 cm³/mol. The maximum atomic E-state index is 13.2. The Morgan fingerprint density at radius 3 is 1.39 bits per heavy atom. The minimum atomic E-state index is -0.814. The number of hydrogen-bond acceptors (Lipinski definition) is 5. The second kappa shape index (κ2) is 48.1. The van der Waals surface area contributed by atoms with Gasteiger partial charge in [-0.1, -0.05) is 234 Å². The number of amides is 1. The summed E-state index contributed by atoms with van der Waals surface area (Å²) in [5, 5.41) is 23.7. The first-order chi connectivity index (χ1) is 30.0. The van der Waals surface area contributed by atoms with E-state index in [4.69, 9.17) is 4.74 Å². The zero-order valence-corrected chi connectivity index (χ0v) is 39.8. The van der Waals surface area contributed by atoms with E-state index in [2.05, 4.69) is 62.5 Å². The maximum Gasteiger partial charge on any atom is 0.306 e. The average Bonchev–Trinajstić information content (AvgIpc) is 3.25. The highest BCUT2D eigenvalue weighted by atomic mass is 16.5. The first-order valence-electron chi connectivity index (χ1n) is 25.4. The molecule has 0 fully saturated rings. The largest absolute Gasteiger partial charge is 0.462 e. The third-order valence-electron chi connectivity index (χ3n) is 11.1. The van der Waals surface area contributed by atoms with Crippen LogP contribution in [0.1, 0.15) is 226 Å². The van der Waals surface area contributed by atoms with Crippen LogP contribution in [0.5, 0.6) is 0 Å². The van der Waals surface area contributed by atoms with Gasteiger partial charge in [0, 0.05) is 6.42 Å². The number of rotatable bonds is 44. The lowest BCUT2D eigenvalue weighted by Crippen LogP contribution is -2.46. The van der Waals surface area contributed by atoms with Gasteiger partial charge in [-0.2, -0.15) is 0 Å². The summed E-state index contributed by atoms with van der Waals surface area (Å²) < 4.78 is 5.87. The van der Waals surface area contributed by atoms with Crippen molar-refractivity contribution in [2.45, 2.75) is 244 Å². The molecule has 0 aromatic heterocycles. The Hall–Kier alpha value is -2.96. The van der Waals surface area contributed by atoms with Crippen LogP contribution < -0.4 is 5.32 Å². The van der Waals surface area contributed by atoms with Crippen molar-refractivity contribution >= 4 is 11.9 Å². The van der Waals surface area contributed by atoms with E-state index in [-0.39, 0.29) is 24.9 Å². The number of nitrogens with one attached hydrogen (secondary N) is 1. The van der Waals surface area contributed by atoms with Gasteiger partial charge in [-0.3, -0.25) is 9.59 Å². The molecule has 0 aliphatic carbocycles. The molecule has 0 aromatic rings. The van der Waals surface area contributed by atoms with E-state index in [1.807, 2.05) is 48.6 Å². The first-order valence-corrected chi connectivity index (χ1v) is 25.4. The molecule has 0 bridgehead atoms. The summed E-state index contributed by atoms with van der Waals surface area (Å²) in [7, 11) is 0. The first kappa shape index (κ1) is 58.0. The van der Waals surface area contributed by atoms with Crippen molar-refractivity contribution in [2.75, 3.05) is 6.61 Å². The van der Waals surface area contributed by atoms with Crippen LogP contribution in [-0.2, 0) is 14.3 Å². The van der Waals surface area contributed by atoms with Gasteiger partial charge in [0.15, 0.2) is 0 Å². The lowest BCUT2D eigenvalue weighted by molar-refractivity contribution is -0.151. The van der Waals surface area contributed by atoms with Gasteiger partial charge in [0.05, 0.1) is 25.2 Å². The van der Waals surface area contributed by atoms with Crippen molar-refractivity contribution in [3.05, 3.63) is 85.1 Å². The molecule has 0 aliphatic rings. The van der Waals surface area contributed by atoms with E-state index in [0.29, 0.717) is 19.3 Å². The molecule has 1 amide bonds. The number of hydrogen-bond donors (Lipinski definition) is 3. The second-order valence-corrected chi connectivity index (χ2v) is 17.0. The van der Waals surface area contributed by atoms with Crippen LogP contribution in [0.4, 0.5) is 0 Å². The van der Waals surface area contributed by atoms with Crippen molar-refractivity contribution < 1.29 is 24.5 Å². The molecule has 0 rings (SSSR count). The van der Waals surface area contributed by atoms with Crippen LogP contribution in [0.15, 0.2) is 85.1 Å². The molecule has 0 saturated carbocycles. The third kappa shape index (κ3) is 43.5. The van der Waals surface area contributed by atoms with Gasteiger partial charge in [-0.25, -0.2) is 0 Å². The molecule has 350 valence electrons. The lowest BCUT2D eigenvalue weighted by Gasteiger charge is -2.24. The zero-order valence-electron chi connectivity index (χ0n) is 39.8. The van der Waals surface area contributed by atoms with Gasteiger partial charge >= 0.3 is 5.97 Å². The van der Waals surface area contributed by atoms with Crippen molar-refractivity contribution in [1.29, 1.82) is 0 Å². The smallest absolute Gasteiger partial charge is 0.306 e. The highest BCUT2D eigenvalue weighted by molar-refractivity contribution is 5.77. The molecular formula is C55H95NO5. The molecule has 3 N–H and O–H groups in total. The Labute approximate surface area is 376 Å². The van der Waals surface area contributed by atoms with Crippen LogP contribution in [0, 0.1) is 0 Å². The number of carbonyl (C=O) groups excluding carboxylic acids is 2. The molecule has 0 spiro atoms. The number of carbonyl (C=O) groups is 2. The molecule has 6 heteroatoms. The van der Waals surface area contributed by atoms with Gasteiger partial charge < -0.3 is 20.3 Å². The quantitative estimate of drug-likeness (QED) is 0.0322. The summed E-state index contributed by atoms with van der Waals surface area (Å²) in [5.74, 6) is -0.582. The molecule has 6 nitrogen and oxygen atoms in total. The minimum absolute atomic E-state index is 0.0142. The summed E-state index contributed by atoms with van der Waals surface area (Å²) in [6, 6.07) is -0.733. The number of aliphatic hydroxyl groups is 2. The average molecular weight is 850 g/mol. The minimum Gasteiger partial charge on any atom is -0.462 e. The molecule has 3 unspecified atom stereocenters. The van der Waals surface area contributed by atoms with Crippen molar-refractivity contribution in [3.63, 3.8) is 0 Å². The predicted octanol–water partition coefficient (Wildman–Crippen LogP) is 15.2. The Balaban J connectivity index is 4.73. The van der Waals surface area contributed by atoms with Crippen LogP contribution >= 0.6 is 0 Å². The molecule has 0 aromatic carbocycles. The van der Waals surface area contributed by atoms with E-state index in [0.717, 1.165) is 70.6 Å². The van der Waals surface area contributed by atoms with Crippen molar-refractivity contribution in [3.8, 4) is 0 Å². The van der Waals surface area contributed by atoms with E-state index in [1.165, 1.54) is 109 Å². The van der Waals surface area contributed by atoms with Crippen molar-refractivity contribution in [1.82, 2.24) is 5.32 Å². The van der Waals surface area contributed by atoms with Gasteiger partial charge in [0.1, 0.15) is 6.10 Å². The van der Waals surface area contributed by atoms with Gasteiger partial charge in [-0.05, 0) is 64.2 Å². The van der Waals surface area contributed by atoms with Crippen LogP contribution in [0.2, 0.25) is 0 Å². The molecular weight excluding hydrogens is 755 g/mol. The summed E-state index contributed by atoms with van der Waals surface area (Å²) in [4.78, 5) is 26.1. The Morgan fingerprint density at radius 2 is 0.902 bits per heavy atom. The normalized spacial score (nSPS) is 14.0. The molecule has 0 saturated heterocycles. The number of aliphatic hydroxyl groups excluding tert-OH is 2. The summed E-state index contributed by atoms with van der Waals surface area (Å²) >= 11 is 0.